The van der Waals surface area contributed by atoms with Crippen LogP contribution in [-0.2, 0) is 35.1 Å². The van der Waals surface area contributed by atoms with Crippen LogP contribution in [0.5, 0.6) is 5.75 Å². The number of hydrogen-bond acceptors (Lipinski definition) is 11. The second-order valence-corrected chi connectivity index (χ2v) is 14.5. The van der Waals surface area contributed by atoms with E-state index >= 15 is 0 Å². The van der Waals surface area contributed by atoms with E-state index in [0.29, 0.717) is 56.3 Å². The first-order valence-corrected chi connectivity index (χ1v) is 18.9. The van der Waals surface area contributed by atoms with Gasteiger partial charge in [-0.25, -0.2) is 9.59 Å². The maximum atomic E-state index is 13.3. The van der Waals surface area contributed by atoms with Gasteiger partial charge in [0.05, 0.1) is 19.7 Å². The average molecular weight is 766 g/mol. The van der Waals surface area contributed by atoms with Gasteiger partial charge in [-0.05, 0) is 95.9 Å². The number of thiol groups is 1. The van der Waals surface area contributed by atoms with Crippen LogP contribution in [0.25, 0.3) is 0 Å². The van der Waals surface area contributed by atoms with Gasteiger partial charge in [0.15, 0.2) is 0 Å². The largest absolute Gasteiger partial charge is 0.494 e. The highest BCUT2D eigenvalue weighted by Gasteiger charge is 2.30. The molecule has 9 N–H and O–H groups in total. The molecule has 298 valence electrons. The molecule has 0 aliphatic carbocycles. The van der Waals surface area contributed by atoms with Gasteiger partial charge in [0, 0.05) is 25.3 Å². The lowest BCUT2D eigenvalue weighted by atomic mass is 9.92. The number of benzene rings is 1. The minimum absolute atomic E-state index is 0.0125. The first-order chi connectivity index (χ1) is 25.1. The van der Waals surface area contributed by atoms with Gasteiger partial charge in [0.25, 0.3) is 0 Å². The van der Waals surface area contributed by atoms with Crippen LogP contribution in [0.4, 0.5) is 4.79 Å². The summed E-state index contributed by atoms with van der Waals surface area (Å²) in [4.78, 5) is 76.1. The maximum Gasteiger partial charge on any atom is 0.410 e. The molecule has 5 amide bonds. The molecule has 1 saturated heterocycles. The van der Waals surface area contributed by atoms with Gasteiger partial charge in [0.2, 0.25) is 23.6 Å². The lowest BCUT2D eigenvalue weighted by molar-refractivity contribution is -0.142. The average Bonchev–Trinajstić information content (AvgIpc) is 3.11. The third-order valence-corrected chi connectivity index (χ3v) is 8.93. The molecule has 17 heteroatoms. The van der Waals surface area contributed by atoms with Gasteiger partial charge in [-0.3, -0.25) is 19.2 Å². The number of carbonyl (C=O) groups is 6. The number of likely N-dealkylation sites (tertiary alicyclic amines) is 1. The van der Waals surface area contributed by atoms with Crippen molar-refractivity contribution in [1.29, 1.82) is 0 Å². The van der Waals surface area contributed by atoms with Crippen LogP contribution < -0.4 is 37.5 Å². The van der Waals surface area contributed by atoms with E-state index in [4.69, 9.17) is 20.9 Å². The maximum absolute atomic E-state index is 13.3. The number of unbranched alkanes of at least 4 members (excludes halogenated alkanes) is 2. The zero-order valence-electron chi connectivity index (χ0n) is 31.2. The Hall–Kier alpha value is -4.09. The number of nitrogens with zero attached hydrogens (tertiary/aromatic N) is 1. The lowest BCUT2D eigenvalue weighted by Crippen LogP contribution is -2.57. The molecule has 53 heavy (non-hydrogen) atoms. The van der Waals surface area contributed by atoms with E-state index in [9.17, 15) is 33.9 Å². The first kappa shape index (κ1) is 45.1. The predicted molar refractivity (Wildman–Crippen MR) is 202 cm³/mol. The van der Waals surface area contributed by atoms with Gasteiger partial charge >= 0.3 is 12.1 Å². The number of piperidine rings is 1. The van der Waals surface area contributed by atoms with Gasteiger partial charge in [-0.2, -0.15) is 12.6 Å². The highest BCUT2D eigenvalue weighted by molar-refractivity contribution is 7.80. The summed E-state index contributed by atoms with van der Waals surface area (Å²) < 4.78 is 11.4. The fraction of sp³-hybridized carbons (Fsp3) is 0.667. The van der Waals surface area contributed by atoms with Gasteiger partial charge in [-0.1, -0.05) is 18.6 Å². The standard InChI is InChI=1S/C36H59N7O9S/c1-36(2,3)52-35(50)43-17-14-24(15-18-43)8-5-7-19-51-26-12-10-25(11-13-26)20-28(34(48)49)42-32(46)27(9-4-6-16-37)41-33(47)29(23-53)40-31(45)22-39-30(44)21-38/h10-13,24,27-29,53H,4-9,14-23,37-38H2,1-3H3,(H,39,44)(H,40,45)(H,41,47)(H,42,46)(H,48,49). The normalized spacial score (nSPS) is 15.0. The number of rotatable bonds is 22. The number of carbonyl (C=O) groups excluding carboxylic acids is 5. The molecule has 0 radical (unpaired) electrons. The first-order valence-electron chi connectivity index (χ1n) is 18.3. The van der Waals surface area contributed by atoms with E-state index in [-0.39, 0.29) is 31.2 Å². The minimum Gasteiger partial charge on any atom is -0.494 e. The molecular formula is C36H59N7O9S. The summed E-state index contributed by atoms with van der Waals surface area (Å²) in [5.41, 5.74) is 11.0. The number of hydrogen-bond donors (Lipinski definition) is 8. The fourth-order valence-electron chi connectivity index (χ4n) is 5.61. The van der Waals surface area contributed by atoms with E-state index in [2.05, 4.69) is 33.9 Å². The van der Waals surface area contributed by atoms with Crippen molar-refractivity contribution in [3.05, 3.63) is 29.8 Å². The number of nitrogens with two attached hydrogens (primary N) is 2. The molecule has 0 bridgehead atoms. The van der Waals surface area contributed by atoms with Gasteiger partial charge in [-0.15, -0.1) is 0 Å². The van der Waals surface area contributed by atoms with Crippen LogP contribution in [0.2, 0.25) is 0 Å². The predicted octanol–water partition coefficient (Wildman–Crippen LogP) is 1.10. The highest BCUT2D eigenvalue weighted by atomic mass is 32.1. The molecule has 0 saturated carbocycles. The number of carboxylic acids is 1. The SMILES string of the molecule is CC(C)(C)OC(=O)N1CCC(CCCCOc2ccc(CC(NC(=O)C(CCCCN)NC(=O)C(CS)NC(=O)CNC(=O)CN)C(=O)O)cc2)CC1. The van der Waals surface area contributed by atoms with E-state index in [1.807, 2.05) is 20.8 Å². The van der Waals surface area contributed by atoms with Crippen molar-refractivity contribution < 1.29 is 43.3 Å². The summed E-state index contributed by atoms with van der Waals surface area (Å²) in [5, 5.41) is 19.8. The Bertz CT molecular complexity index is 1340. The Morgan fingerprint density at radius 1 is 0.887 bits per heavy atom. The molecule has 3 unspecified atom stereocenters. The fourth-order valence-corrected chi connectivity index (χ4v) is 5.87. The van der Waals surface area contributed by atoms with Crippen molar-refractivity contribution in [2.75, 3.05) is 45.1 Å². The smallest absolute Gasteiger partial charge is 0.410 e. The van der Waals surface area contributed by atoms with Crippen molar-refractivity contribution >= 4 is 48.3 Å². The van der Waals surface area contributed by atoms with E-state index in [1.165, 1.54) is 0 Å². The topological polar surface area (TPSA) is 245 Å². The molecule has 1 aliphatic heterocycles. The molecule has 2 rings (SSSR count). The molecule has 1 aliphatic rings. The summed E-state index contributed by atoms with van der Waals surface area (Å²) in [5.74, 6) is -2.74. The monoisotopic (exact) mass is 765 g/mol. The second kappa shape index (κ2) is 23.5. The van der Waals surface area contributed by atoms with Crippen molar-refractivity contribution in [3.8, 4) is 5.75 Å². The van der Waals surface area contributed by atoms with Crippen LogP contribution in [0.1, 0.15) is 77.7 Å². The van der Waals surface area contributed by atoms with E-state index < -0.39 is 59.9 Å². The third kappa shape index (κ3) is 18.0. The number of ether oxygens (including phenoxy) is 2. The summed E-state index contributed by atoms with van der Waals surface area (Å²) in [6.07, 6.45) is 5.82. The quantitative estimate of drug-likeness (QED) is 0.0614. The lowest BCUT2D eigenvalue weighted by Gasteiger charge is -2.33. The van der Waals surface area contributed by atoms with Crippen molar-refractivity contribution in [3.63, 3.8) is 0 Å². The summed E-state index contributed by atoms with van der Waals surface area (Å²) in [7, 11) is 0. The zero-order valence-corrected chi connectivity index (χ0v) is 32.1. The Morgan fingerprint density at radius 3 is 2.11 bits per heavy atom. The molecule has 3 atom stereocenters. The zero-order chi connectivity index (χ0) is 39.4. The molecule has 16 nitrogen and oxygen atoms in total. The molecule has 0 spiro atoms. The van der Waals surface area contributed by atoms with Crippen molar-refractivity contribution in [2.45, 2.75) is 102 Å². The number of aliphatic carboxylic acids is 1. The Labute approximate surface area is 317 Å². The molecular weight excluding hydrogens is 707 g/mol. The molecule has 1 aromatic carbocycles. The minimum atomic E-state index is -1.29. The van der Waals surface area contributed by atoms with Crippen LogP contribution in [0.15, 0.2) is 24.3 Å². The van der Waals surface area contributed by atoms with Crippen LogP contribution >= 0.6 is 12.6 Å². The Kier molecular flexibility index (Phi) is 20.0. The van der Waals surface area contributed by atoms with Crippen molar-refractivity contribution in [2.24, 2.45) is 17.4 Å². The highest BCUT2D eigenvalue weighted by Crippen LogP contribution is 2.24. The Morgan fingerprint density at radius 2 is 1.53 bits per heavy atom. The second-order valence-electron chi connectivity index (χ2n) is 14.1. The van der Waals surface area contributed by atoms with Crippen LogP contribution in [0, 0.1) is 5.92 Å². The number of amides is 5. The van der Waals surface area contributed by atoms with Crippen LogP contribution in [0.3, 0.4) is 0 Å². The van der Waals surface area contributed by atoms with Gasteiger partial charge in [0.1, 0.15) is 29.5 Å². The molecule has 1 aromatic rings. The Balaban J connectivity index is 1.85. The van der Waals surface area contributed by atoms with E-state index in [1.54, 1.807) is 29.2 Å². The summed E-state index contributed by atoms with van der Waals surface area (Å²) in [6.45, 7) is 7.21. The summed E-state index contributed by atoms with van der Waals surface area (Å²) in [6, 6.07) is 3.48. The molecule has 0 aromatic heterocycles. The molecule has 1 heterocycles. The summed E-state index contributed by atoms with van der Waals surface area (Å²) >= 11 is 4.13. The third-order valence-electron chi connectivity index (χ3n) is 8.57. The van der Waals surface area contributed by atoms with Crippen LogP contribution in [-0.4, -0.2) is 115 Å². The van der Waals surface area contributed by atoms with Crippen molar-refractivity contribution in [1.82, 2.24) is 26.2 Å². The molecule has 1 fully saturated rings. The number of carboxylic acid groups (broad SMARTS) is 1. The van der Waals surface area contributed by atoms with E-state index in [0.717, 1.165) is 32.1 Å². The van der Waals surface area contributed by atoms with Gasteiger partial charge < -0.3 is 52.2 Å². The number of nitrogens with one attached hydrogen (secondary N) is 4.